The molecule has 102 valence electrons. The lowest BCUT2D eigenvalue weighted by molar-refractivity contribution is 0.115. The Kier molecular flexibility index (Phi) is 3.33. The zero-order chi connectivity index (χ0) is 13.4. The maximum atomic E-state index is 6.08. The molecular formula is C14H19N3OS. The van der Waals surface area contributed by atoms with Crippen molar-refractivity contribution in [3.63, 3.8) is 0 Å². The minimum absolute atomic E-state index is 0.274. The van der Waals surface area contributed by atoms with Gasteiger partial charge in [-0.25, -0.2) is 4.98 Å². The third kappa shape index (κ3) is 2.67. The number of piperidine rings is 1. The van der Waals surface area contributed by atoms with E-state index < -0.39 is 0 Å². The van der Waals surface area contributed by atoms with Gasteiger partial charge < -0.3 is 15.4 Å². The van der Waals surface area contributed by atoms with Gasteiger partial charge in [0.2, 0.25) is 0 Å². The Labute approximate surface area is 117 Å². The van der Waals surface area contributed by atoms with Gasteiger partial charge in [0.05, 0.1) is 20.9 Å². The van der Waals surface area contributed by atoms with Crippen LogP contribution in [0.2, 0.25) is 0 Å². The van der Waals surface area contributed by atoms with Crippen LogP contribution in [-0.4, -0.2) is 36.1 Å². The van der Waals surface area contributed by atoms with E-state index >= 15 is 0 Å². The van der Waals surface area contributed by atoms with Gasteiger partial charge in [-0.05, 0) is 32.9 Å². The first-order valence-electron chi connectivity index (χ1n) is 6.63. The lowest BCUT2D eigenvalue weighted by atomic mass is 10.1. The van der Waals surface area contributed by atoms with Gasteiger partial charge in [0.15, 0.2) is 0 Å². The second-order valence-corrected chi connectivity index (χ2v) is 6.45. The summed E-state index contributed by atoms with van der Waals surface area (Å²) in [6.45, 7) is 4.18. The SMILES string of the molecule is Cc1nc2cc(OC3CCN(C)CC3)c(N)cc2s1. The molecule has 4 nitrogen and oxygen atoms in total. The van der Waals surface area contributed by atoms with Crippen LogP contribution in [0.15, 0.2) is 12.1 Å². The van der Waals surface area contributed by atoms with Crippen molar-refractivity contribution < 1.29 is 4.74 Å². The highest BCUT2D eigenvalue weighted by atomic mass is 32.1. The number of hydrogen-bond donors (Lipinski definition) is 1. The summed E-state index contributed by atoms with van der Waals surface area (Å²) in [7, 11) is 2.15. The molecule has 1 aliphatic heterocycles. The Balaban J connectivity index is 1.82. The minimum atomic E-state index is 0.274. The van der Waals surface area contributed by atoms with Gasteiger partial charge in [-0.1, -0.05) is 0 Å². The number of nitrogen functional groups attached to an aromatic ring is 1. The van der Waals surface area contributed by atoms with Crippen molar-refractivity contribution in [3.05, 3.63) is 17.1 Å². The fourth-order valence-corrected chi connectivity index (χ4v) is 3.33. The van der Waals surface area contributed by atoms with Crippen molar-refractivity contribution in [2.75, 3.05) is 25.9 Å². The molecule has 1 aromatic carbocycles. The number of aryl methyl sites for hydroxylation is 1. The Bertz CT molecular complexity index is 588. The van der Waals surface area contributed by atoms with Gasteiger partial charge >= 0.3 is 0 Å². The molecule has 1 aromatic heterocycles. The summed E-state index contributed by atoms with van der Waals surface area (Å²) in [6, 6.07) is 3.96. The number of nitrogens with two attached hydrogens (primary N) is 1. The number of thiazole rings is 1. The van der Waals surface area contributed by atoms with Gasteiger partial charge in [-0.2, -0.15) is 0 Å². The summed E-state index contributed by atoms with van der Waals surface area (Å²) in [5.74, 6) is 0.785. The van der Waals surface area contributed by atoms with E-state index in [1.165, 1.54) is 0 Å². The largest absolute Gasteiger partial charge is 0.488 e. The van der Waals surface area contributed by atoms with Crippen molar-refractivity contribution in [2.45, 2.75) is 25.9 Å². The zero-order valence-electron chi connectivity index (χ0n) is 11.3. The fraction of sp³-hybridized carbons (Fsp3) is 0.500. The van der Waals surface area contributed by atoms with Gasteiger partial charge in [0.1, 0.15) is 11.9 Å². The van der Waals surface area contributed by atoms with E-state index in [0.717, 1.165) is 52.6 Å². The second-order valence-electron chi connectivity index (χ2n) is 5.21. The maximum Gasteiger partial charge on any atom is 0.144 e. The molecule has 0 unspecified atom stereocenters. The average molecular weight is 277 g/mol. The summed E-state index contributed by atoms with van der Waals surface area (Å²) < 4.78 is 7.20. The van der Waals surface area contributed by atoms with Crippen molar-refractivity contribution in [3.8, 4) is 5.75 Å². The summed E-state index contributed by atoms with van der Waals surface area (Å²) in [5, 5.41) is 1.06. The maximum absolute atomic E-state index is 6.08. The van der Waals surface area contributed by atoms with Crippen molar-refractivity contribution in [2.24, 2.45) is 0 Å². The van der Waals surface area contributed by atoms with E-state index in [0.29, 0.717) is 0 Å². The molecule has 0 atom stereocenters. The Morgan fingerprint density at radius 3 is 2.84 bits per heavy atom. The third-order valence-electron chi connectivity index (χ3n) is 3.59. The number of nitrogens with zero attached hydrogens (tertiary/aromatic N) is 2. The Morgan fingerprint density at radius 1 is 1.37 bits per heavy atom. The lowest BCUT2D eigenvalue weighted by Gasteiger charge is -2.29. The van der Waals surface area contributed by atoms with Gasteiger partial charge in [-0.3, -0.25) is 0 Å². The molecule has 0 saturated carbocycles. The highest BCUT2D eigenvalue weighted by Crippen LogP contribution is 2.32. The van der Waals surface area contributed by atoms with Crippen LogP contribution in [0.3, 0.4) is 0 Å². The molecule has 1 aliphatic rings. The summed E-state index contributed by atoms with van der Waals surface area (Å²) >= 11 is 1.67. The summed E-state index contributed by atoms with van der Waals surface area (Å²) in [6.07, 6.45) is 2.39. The lowest BCUT2D eigenvalue weighted by Crippen LogP contribution is -2.35. The average Bonchev–Trinajstić information content (AvgIpc) is 2.72. The van der Waals surface area contributed by atoms with Crippen LogP contribution in [0.5, 0.6) is 5.75 Å². The topological polar surface area (TPSA) is 51.4 Å². The molecule has 1 fully saturated rings. The van der Waals surface area contributed by atoms with Crippen molar-refractivity contribution in [1.82, 2.24) is 9.88 Å². The molecule has 0 amide bonds. The summed E-state index contributed by atoms with van der Waals surface area (Å²) in [4.78, 5) is 6.82. The van der Waals surface area contributed by atoms with Crippen LogP contribution in [-0.2, 0) is 0 Å². The van der Waals surface area contributed by atoms with E-state index in [1.54, 1.807) is 11.3 Å². The number of aromatic nitrogens is 1. The van der Waals surface area contributed by atoms with E-state index in [2.05, 4.69) is 16.9 Å². The zero-order valence-corrected chi connectivity index (χ0v) is 12.2. The van der Waals surface area contributed by atoms with E-state index in [1.807, 2.05) is 19.1 Å². The van der Waals surface area contributed by atoms with Crippen LogP contribution < -0.4 is 10.5 Å². The number of hydrogen-bond acceptors (Lipinski definition) is 5. The molecule has 5 heteroatoms. The van der Waals surface area contributed by atoms with E-state index in [-0.39, 0.29) is 6.10 Å². The monoisotopic (exact) mass is 277 g/mol. The van der Waals surface area contributed by atoms with Crippen LogP contribution >= 0.6 is 11.3 Å². The standard InChI is InChI=1S/C14H19N3OS/c1-9-16-12-8-13(11(15)7-14(12)19-9)18-10-3-5-17(2)6-4-10/h7-8,10H,3-6,15H2,1-2H3. The normalized spacial score (nSPS) is 18.0. The molecule has 0 spiro atoms. The van der Waals surface area contributed by atoms with Crippen LogP contribution in [0.4, 0.5) is 5.69 Å². The quantitative estimate of drug-likeness (QED) is 0.857. The van der Waals surface area contributed by atoms with E-state index in [9.17, 15) is 0 Å². The number of anilines is 1. The van der Waals surface area contributed by atoms with Crippen LogP contribution in [0, 0.1) is 6.92 Å². The molecule has 3 rings (SSSR count). The predicted molar refractivity (Wildman–Crippen MR) is 79.9 cm³/mol. The molecule has 2 N–H and O–H groups in total. The third-order valence-corrected chi connectivity index (χ3v) is 4.52. The number of rotatable bonds is 2. The van der Waals surface area contributed by atoms with Crippen LogP contribution in [0.25, 0.3) is 10.2 Å². The number of fused-ring (bicyclic) bond motifs is 1. The number of likely N-dealkylation sites (tertiary alicyclic amines) is 1. The molecule has 19 heavy (non-hydrogen) atoms. The van der Waals surface area contributed by atoms with Gasteiger partial charge in [-0.15, -0.1) is 11.3 Å². The first kappa shape index (κ1) is 12.7. The number of benzene rings is 1. The Morgan fingerprint density at radius 2 is 2.11 bits per heavy atom. The highest BCUT2D eigenvalue weighted by Gasteiger charge is 2.19. The summed E-state index contributed by atoms with van der Waals surface area (Å²) in [5.41, 5.74) is 7.79. The molecule has 0 aliphatic carbocycles. The van der Waals surface area contributed by atoms with Gasteiger partial charge in [0, 0.05) is 19.2 Å². The first-order chi connectivity index (χ1) is 9.11. The second kappa shape index (κ2) is 4.98. The number of ether oxygens (including phenoxy) is 1. The molecular weight excluding hydrogens is 258 g/mol. The van der Waals surface area contributed by atoms with E-state index in [4.69, 9.17) is 10.5 Å². The fourth-order valence-electron chi connectivity index (χ4n) is 2.47. The van der Waals surface area contributed by atoms with Gasteiger partial charge in [0.25, 0.3) is 0 Å². The molecule has 1 saturated heterocycles. The molecule has 2 aromatic rings. The molecule has 0 bridgehead atoms. The van der Waals surface area contributed by atoms with Crippen LogP contribution in [0.1, 0.15) is 17.8 Å². The smallest absolute Gasteiger partial charge is 0.144 e. The Hall–Kier alpha value is -1.33. The minimum Gasteiger partial charge on any atom is -0.488 e. The van der Waals surface area contributed by atoms with Crippen molar-refractivity contribution in [1.29, 1.82) is 0 Å². The highest BCUT2D eigenvalue weighted by molar-refractivity contribution is 7.18. The first-order valence-corrected chi connectivity index (χ1v) is 7.45. The molecule has 2 heterocycles. The molecule has 0 radical (unpaired) electrons. The predicted octanol–water partition coefficient (Wildman–Crippen LogP) is 2.66. The van der Waals surface area contributed by atoms with Crippen molar-refractivity contribution >= 4 is 27.2 Å².